The number of nitrogens with one attached hydrogen (secondary N) is 1. The van der Waals surface area contributed by atoms with E-state index in [1.54, 1.807) is 11.0 Å². The Morgan fingerprint density at radius 1 is 1.00 bits per heavy atom. The van der Waals surface area contributed by atoms with Crippen molar-refractivity contribution in [2.24, 2.45) is 0 Å². The number of halogens is 2. The van der Waals surface area contributed by atoms with E-state index in [4.69, 9.17) is 16.3 Å². The lowest BCUT2D eigenvalue weighted by Crippen LogP contribution is -2.53. The van der Waals surface area contributed by atoms with Crippen molar-refractivity contribution in [2.75, 3.05) is 6.61 Å². The molecule has 7 heteroatoms. The number of hydrogen-bond donors (Lipinski definition) is 1. The van der Waals surface area contributed by atoms with Crippen LogP contribution in [0.1, 0.15) is 49.3 Å². The van der Waals surface area contributed by atoms with Crippen LogP contribution in [0.15, 0.2) is 77.3 Å². The third-order valence-corrected chi connectivity index (χ3v) is 7.83. The molecule has 0 unspecified atom stereocenters. The first-order valence-corrected chi connectivity index (χ1v) is 14.4. The maximum absolute atomic E-state index is 13.8. The highest BCUT2D eigenvalue weighted by Crippen LogP contribution is 2.27. The number of nitrogens with zero attached hydrogens (tertiary/aromatic N) is 1. The lowest BCUT2D eigenvalue weighted by molar-refractivity contribution is -0.143. The zero-order valence-electron chi connectivity index (χ0n) is 21.7. The third-order valence-electron chi connectivity index (χ3n) is 6.97. The molecule has 0 heterocycles. The minimum atomic E-state index is -0.695. The van der Waals surface area contributed by atoms with Gasteiger partial charge in [-0.15, -0.1) is 0 Å². The molecule has 0 radical (unpaired) electrons. The Bertz CT molecular complexity index is 1230. The summed E-state index contributed by atoms with van der Waals surface area (Å²) in [6.45, 7) is 2.14. The van der Waals surface area contributed by atoms with Crippen LogP contribution >= 0.6 is 27.5 Å². The molecule has 1 aliphatic carbocycles. The van der Waals surface area contributed by atoms with E-state index in [0.29, 0.717) is 17.2 Å². The van der Waals surface area contributed by atoms with Crippen LogP contribution in [0.4, 0.5) is 0 Å². The van der Waals surface area contributed by atoms with E-state index in [1.165, 1.54) is 5.56 Å². The monoisotopic (exact) mass is 596 g/mol. The van der Waals surface area contributed by atoms with Crippen LogP contribution in [0.25, 0.3) is 0 Å². The number of ether oxygens (including phenoxy) is 1. The summed E-state index contributed by atoms with van der Waals surface area (Å²) in [6.07, 6.45) is 5.47. The molecule has 38 heavy (non-hydrogen) atoms. The molecule has 3 aromatic carbocycles. The van der Waals surface area contributed by atoms with E-state index >= 15 is 0 Å². The van der Waals surface area contributed by atoms with Gasteiger partial charge in [0.2, 0.25) is 5.91 Å². The van der Waals surface area contributed by atoms with Gasteiger partial charge in [-0.2, -0.15) is 0 Å². The lowest BCUT2D eigenvalue weighted by atomic mass is 10.0. The second kappa shape index (κ2) is 13.8. The molecule has 0 spiro atoms. The number of benzene rings is 3. The van der Waals surface area contributed by atoms with Crippen molar-refractivity contribution in [3.05, 3.63) is 99.0 Å². The molecule has 1 saturated carbocycles. The Balaban J connectivity index is 1.61. The van der Waals surface area contributed by atoms with E-state index < -0.39 is 6.04 Å². The fraction of sp³-hybridized carbons (Fsp3) is 0.355. The molecule has 0 bridgehead atoms. The van der Waals surface area contributed by atoms with Crippen molar-refractivity contribution in [1.82, 2.24) is 10.2 Å². The summed E-state index contributed by atoms with van der Waals surface area (Å²) < 4.78 is 6.76. The zero-order chi connectivity index (χ0) is 26.9. The molecular weight excluding hydrogens is 564 g/mol. The molecule has 0 aromatic heterocycles. The smallest absolute Gasteiger partial charge is 0.261 e. The van der Waals surface area contributed by atoms with Crippen molar-refractivity contribution in [3.63, 3.8) is 0 Å². The largest absolute Gasteiger partial charge is 0.483 e. The van der Waals surface area contributed by atoms with Gasteiger partial charge in [-0.25, -0.2) is 0 Å². The van der Waals surface area contributed by atoms with Gasteiger partial charge in [-0.05, 0) is 76.1 Å². The van der Waals surface area contributed by atoms with Gasteiger partial charge < -0.3 is 15.0 Å². The van der Waals surface area contributed by atoms with Gasteiger partial charge in [-0.1, -0.05) is 79.9 Å². The SMILES string of the molecule is CCc1ccc(OCC(=O)N(Cc2cccc(Cl)c2)[C@@H](Cc2ccccc2)C(=O)NC2CCCC2)c(Br)c1. The Morgan fingerprint density at radius 3 is 2.42 bits per heavy atom. The maximum Gasteiger partial charge on any atom is 0.261 e. The third kappa shape index (κ3) is 7.84. The average Bonchev–Trinajstić information content (AvgIpc) is 3.43. The second-order valence-corrected chi connectivity index (χ2v) is 11.0. The summed E-state index contributed by atoms with van der Waals surface area (Å²) in [5.41, 5.74) is 3.01. The van der Waals surface area contributed by atoms with Crippen molar-refractivity contribution >= 4 is 39.3 Å². The van der Waals surface area contributed by atoms with Crippen molar-refractivity contribution < 1.29 is 14.3 Å². The minimum Gasteiger partial charge on any atom is -0.483 e. The quantitative estimate of drug-likeness (QED) is 0.266. The topological polar surface area (TPSA) is 58.6 Å². The lowest BCUT2D eigenvalue weighted by Gasteiger charge is -2.32. The first-order chi connectivity index (χ1) is 18.4. The molecule has 4 rings (SSSR count). The van der Waals surface area contributed by atoms with Crippen LogP contribution in [-0.2, 0) is 29.0 Å². The van der Waals surface area contributed by atoms with Gasteiger partial charge in [0.1, 0.15) is 11.8 Å². The van der Waals surface area contributed by atoms with E-state index in [2.05, 4.69) is 28.2 Å². The number of aryl methyl sites for hydroxylation is 1. The molecule has 0 saturated heterocycles. The highest BCUT2D eigenvalue weighted by Gasteiger charge is 2.32. The van der Waals surface area contributed by atoms with Crippen LogP contribution in [-0.4, -0.2) is 35.4 Å². The first-order valence-electron chi connectivity index (χ1n) is 13.2. The Kier molecular flexibility index (Phi) is 10.2. The molecule has 1 N–H and O–H groups in total. The standard InChI is InChI=1S/C31H34BrClN2O3/c1-2-22-15-16-29(27(32)18-22)38-21-30(36)35(20-24-11-8-12-25(33)17-24)28(19-23-9-4-3-5-10-23)31(37)34-26-13-6-7-14-26/h3-5,8-12,15-18,26,28H,2,6-7,13-14,19-21H2,1H3,(H,34,37)/t28-/m0/s1. The first kappa shape index (κ1) is 28.2. The summed E-state index contributed by atoms with van der Waals surface area (Å²) in [5, 5.41) is 3.80. The number of rotatable bonds is 11. The van der Waals surface area contributed by atoms with E-state index in [9.17, 15) is 9.59 Å². The fourth-order valence-electron chi connectivity index (χ4n) is 4.86. The number of carbonyl (C=O) groups is 2. The van der Waals surface area contributed by atoms with Crippen molar-refractivity contribution in [2.45, 2.75) is 64.1 Å². The molecule has 3 aromatic rings. The van der Waals surface area contributed by atoms with Gasteiger partial charge in [-0.3, -0.25) is 9.59 Å². The number of amides is 2. The van der Waals surface area contributed by atoms with Gasteiger partial charge in [0.05, 0.1) is 4.47 Å². The van der Waals surface area contributed by atoms with Crippen LogP contribution < -0.4 is 10.1 Å². The number of hydrogen-bond acceptors (Lipinski definition) is 3. The number of carbonyl (C=O) groups excluding carboxylic acids is 2. The second-order valence-electron chi connectivity index (χ2n) is 9.75. The molecule has 1 atom stereocenters. The Hall–Kier alpha value is -2.83. The molecule has 200 valence electrons. The zero-order valence-corrected chi connectivity index (χ0v) is 24.0. The normalized spacial score (nSPS) is 14.2. The van der Waals surface area contributed by atoms with Gasteiger partial charge in [0.15, 0.2) is 6.61 Å². The van der Waals surface area contributed by atoms with E-state index in [0.717, 1.165) is 47.7 Å². The molecule has 0 aliphatic heterocycles. The maximum atomic E-state index is 13.8. The van der Waals surface area contributed by atoms with Gasteiger partial charge >= 0.3 is 0 Å². The predicted molar refractivity (Wildman–Crippen MR) is 155 cm³/mol. The van der Waals surface area contributed by atoms with Gasteiger partial charge in [0, 0.05) is 24.0 Å². The molecule has 5 nitrogen and oxygen atoms in total. The van der Waals surface area contributed by atoms with E-state index in [1.807, 2.05) is 66.7 Å². The molecule has 1 fully saturated rings. The predicted octanol–water partition coefficient (Wildman–Crippen LogP) is 6.74. The highest BCUT2D eigenvalue weighted by atomic mass is 79.9. The van der Waals surface area contributed by atoms with Crippen molar-refractivity contribution in [3.8, 4) is 5.75 Å². The van der Waals surface area contributed by atoms with Crippen LogP contribution in [0.5, 0.6) is 5.75 Å². The van der Waals surface area contributed by atoms with Crippen molar-refractivity contribution in [1.29, 1.82) is 0 Å². The Labute approximate surface area is 238 Å². The summed E-state index contributed by atoms with van der Waals surface area (Å²) in [6, 6.07) is 22.5. The summed E-state index contributed by atoms with van der Waals surface area (Å²) in [5.74, 6) is 0.192. The van der Waals surface area contributed by atoms with E-state index in [-0.39, 0.29) is 31.0 Å². The molecule has 1 aliphatic rings. The average molecular weight is 598 g/mol. The Morgan fingerprint density at radius 2 is 1.74 bits per heavy atom. The van der Waals surface area contributed by atoms with Crippen LogP contribution in [0, 0.1) is 0 Å². The summed E-state index contributed by atoms with van der Waals surface area (Å²) >= 11 is 9.82. The van der Waals surface area contributed by atoms with Crippen LogP contribution in [0.3, 0.4) is 0 Å². The molecular formula is C31H34BrClN2O3. The van der Waals surface area contributed by atoms with Gasteiger partial charge in [0.25, 0.3) is 5.91 Å². The molecule has 2 amide bonds. The fourth-order valence-corrected chi connectivity index (χ4v) is 5.61. The summed E-state index contributed by atoms with van der Waals surface area (Å²) in [4.78, 5) is 29.1. The minimum absolute atomic E-state index is 0.135. The summed E-state index contributed by atoms with van der Waals surface area (Å²) in [7, 11) is 0. The van der Waals surface area contributed by atoms with Crippen LogP contribution in [0.2, 0.25) is 5.02 Å². The highest BCUT2D eigenvalue weighted by molar-refractivity contribution is 9.10.